The van der Waals surface area contributed by atoms with E-state index < -0.39 is 0 Å². The van der Waals surface area contributed by atoms with Gasteiger partial charge in [-0.25, -0.2) is 9.67 Å². The van der Waals surface area contributed by atoms with Gasteiger partial charge in [0.2, 0.25) is 5.91 Å². The highest BCUT2D eigenvalue weighted by Gasteiger charge is 2.32. The van der Waals surface area contributed by atoms with Gasteiger partial charge in [-0.2, -0.15) is 5.10 Å². The fourth-order valence-electron chi connectivity index (χ4n) is 4.81. The van der Waals surface area contributed by atoms with Crippen LogP contribution in [0.15, 0.2) is 12.7 Å². The number of amides is 1. The first-order valence-corrected chi connectivity index (χ1v) is 10.3. The van der Waals surface area contributed by atoms with Crippen LogP contribution in [-0.4, -0.2) is 64.0 Å². The number of nitrogens with zero attached hydrogens (tertiary/aromatic N) is 4. The number of hydrogen-bond donors (Lipinski definition) is 1. The summed E-state index contributed by atoms with van der Waals surface area (Å²) in [7, 11) is 0. The van der Waals surface area contributed by atoms with Crippen LogP contribution in [0.25, 0.3) is 0 Å². The van der Waals surface area contributed by atoms with E-state index in [1.165, 1.54) is 0 Å². The number of aromatic nitrogens is 3. The molecule has 3 heterocycles. The maximum absolute atomic E-state index is 12.8. The predicted octanol–water partition coefficient (Wildman–Crippen LogP) is 1.77. The predicted molar refractivity (Wildman–Crippen MR) is 97.6 cm³/mol. The molecule has 7 heteroatoms. The Labute approximate surface area is 155 Å². The highest BCUT2D eigenvalue weighted by molar-refractivity contribution is 5.79. The lowest BCUT2D eigenvalue weighted by atomic mass is 9.89. The van der Waals surface area contributed by atoms with Crippen molar-refractivity contribution in [2.75, 3.05) is 26.3 Å². The molecule has 144 valence electrons. The largest absolute Gasteiger partial charge is 0.381 e. The second kappa shape index (κ2) is 8.48. The maximum atomic E-state index is 12.8. The SMILES string of the molecule is O=C(NC1CCC(n2cncn2)CC1)C1CCCN(C2CCOCC2)C1. The highest BCUT2D eigenvalue weighted by Crippen LogP contribution is 2.28. The molecule has 1 aromatic heterocycles. The minimum Gasteiger partial charge on any atom is -0.381 e. The van der Waals surface area contributed by atoms with Crippen LogP contribution >= 0.6 is 0 Å². The van der Waals surface area contributed by atoms with Gasteiger partial charge in [0.1, 0.15) is 12.7 Å². The Kier molecular flexibility index (Phi) is 5.84. The zero-order chi connectivity index (χ0) is 17.8. The quantitative estimate of drug-likeness (QED) is 0.885. The number of piperidine rings is 1. The van der Waals surface area contributed by atoms with Crippen molar-refractivity contribution in [3.8, 4) is 0 Å². The molecule has 0 spiro atoms. The van der Waals surface area contributed by atoms with Crippen molar-refractivity contribution in [3.05, 3.63) is 12.7 Å². The van der Waals surface area contributed by atoms with Crippen LogP contribution in [0.3, 0.4) is 0 Å². The van der Waals surface area contributed by atoms with E-state index in [1.807, 2.05) is 4.68 Å². The van der Waals surface area contributed by atoms with Crippen LogP contribution in [-0.2, 0) is 9.53 Å². The van der Waals surface area contributed by atoms with Crippen molar-refractivity contribution in [2.24, 2.45) is 5.92 Å². The summed E-state index contributed by atoms with van der Waals surface area (Å²) < 4.78 is 7.45. The van der Waals surface area contributed by atoms with Gasteiger partial charge in [0.05, 0.1) is 12.0 Å². The molecule has 4 rings (SSSR count). The summed E-state index contributed by atoms with van der Waals surface area (Å²) in [6, 6.07) is 1.36. The lowest BCUT2D eigenvalue weighted by Crippen LogP contribution is -2.50. The highest BCUT2D eigenvalue weighted by atomic mass is 16.5. The summed E-state index contributed by atoms with van der Waals surface area (Å²) in [4.78, 5) is 19.4. The van der Waals surface area contributed by atoms with Crippen molar-refractivity contribution in [1.29, 1.82) is 0 Å². The van der Waals surface area contributed by atoms with Gasteiger partial charge in [-0.15, -0.1) is 0 Å². The minimum absolute atomic E-state index is 0.152. The van der Waals surface area contributed by atoms with E-state index in [2.05, 4.69) is 20.3 Å². The topological polar surface area (TPSA) is 72.3 Å². The third-order valence-corrected chi connectivity index (χ3v) is 6.38. The lowest BCUT2D eigenvalue weighted by Gasteiger charge is -2.40. The van der Waals surface area contributed by atoms with Crippen LogP contribution in [0.2, 0.25) is 0 Å². The normalized spacial score (nSPS) is 31.6. The third kappa shape index (κ3) is 4.26. The Bertz CT molecular complexity index is 564. The first-order valence-electron chi connectivity index (χ1n) is 10.3. The van der Waals surface area contributed by atoms with Crippen LogP contribution in [0.1, 0.15) is 57.4 Å². The van der Waals surface area contributed by atoms with E-state index in [9.17, 15) is 4.79 Å². The van der Waals surface area contributed by atoms with Crippen LogP contribution in [0, 0.1) is 5.92 Å². The Balaban J connectivity index is 1.24. The van der Waals surface area contributed by atoms with E-state index in [0.29, 0.717) is 18.1 Å². The zero-order valence-corrected chi connectivity index (χ0v) is 15.6. The molecule has 1 N–H and O–H groups in total. The fourth-order valence-corrected chi connectivity index (χ4v) is 4.81. The maximum Gasteiger partial charge on any atom is 0.224 e. The number of likely N-dealkylation sites (tertiary alicyclic amines) is 1. The van der Waals surface area contributed by atoms with Gasteiger partial charge in [0.25, 0.3) is 0 Å². The van der Waals surface area contributed by atoms with E-state index in [0.717, 1.165) is 77.7 Å². The van der Waals surface area contributed by atoms with Crippen molar-refractivity contribution in [1.82, 2.24) is 25.0 Å². The van der Waals surface area contributed by atoms with E-state index in [4.69, 9.17) is 4.74 Å². The summed E-state index contributed by atoms with van der Waals surface area (Å²) in [6.07, 6.45) is 12.0. The number of ether oxygens (including phenoxy) is 1. The van der Waals surface area contributed by atoms with Crippen molar-refractivity contribution in [3.63, 3.8) is 0 Å². The van der Waals surface area contributed by atoms with Gasteiger partial charge in [-0.05, 0) is 57.9 Å². The molecule has 1 atom stereocenters. The second-order valence-corrected chi connectivity index (χ2v) is 8.07. The number of nitrogens with one attached hydrogen (secondary N) is 1. The lowest BCUT2D eigenvalue weighted by molar-refractivity contribution is -0.128. The molecule has 0 aromatic carbocycles. The van der Waals surface area contributed by atoms with E-state index in [1.54, 1.807) is 12.7 Å². The first kappa shape index (κ1) is 17.9. The molecule has 1 aliphatic carbocycles. The Morgan fingerprint density at radius 3 is 2.58 bits per heavy atom. The van der Waals surface area contributed by atoms with Crippen LogP contribution in [0.4, 0.5) is 0 Å². The molecule has 26 heavy (non-hydrogen) atoms. The fraction of sp³-hybridized carbons (Fsp3) is 0.842. The van der Waals surface area contributed by atoms with E-state index >= 15 is 0 Å². The molecule has 0 radical (unpaired) electrons. The minimum atomic E-state index is 0.152. The zero-order valence-electron chi connectivity index (χ0n) is 15.6. The number of carbonyl (C=O) groups excluding carboxylic acids is 1. The third-order valence-electron chi connectivity index (χ3n) is 6.38. The second-order valence-electron chi connectivity index (χ2n) is 8.07. The average Bonchev–Trinajstić information content (AvgIpc) is 3.24. The molecule has 1 aromatic rings. The van der Waals surface area contributed by atoms with Crippen molar-refractivity contribution >= 4 is 5.91 Å². The molecule has 2 aliphatic heterocycles. The molecule has 1 saturated carbocycles. The van der Waals surface area contributed by atoms with Gasteiger partial charge in [0, 0.05) is 31.8 Å². The molecular formula is C19H31N5O2. The van der Waals surface area contributed by atoms with Gasteiger partial charge in [-0.1, -0.05) is 0 Å². The first-order chi connectivity index (χ1) is 12.8. The van der Waals surface area contributed by atoms with Gasteiger partial charge in [0.15, 0.2) is 0 Å². The molecule has 3 aliphatic rings. The monoisotopic (exact) mass is 361 g/mol. The average molecular weight is 361 g/mol. The Hall–Kier alpha value is -1.47. The molecule has 2 saturated heterocycles. The van der Waals surface area contributed by atoms with Crippen molar-refractivity contribution < 1.29 is 9.53 Å². The Morgan fingerprint density at radius 2 is 1.85 bits per heavy atom. The molecule has 7 nitrogen and oxygen atoms in total. The van der Waals surface area contributed by atoms with Crippen LogP contribution < -0.4 is 5.32 Å². The van der Waals surface area contributed by atoms with Crippen LogP contribution in [0.5, 0.6) is 0 Å². The molecule has 0 bridgehead atoms. The summed E-state index contributed by atoms with van der Waals surface area (Å²) in [5.74, 6) is 0.422. The number of rotatable bonds is 4. The number of hydrogen-bond acceptors (Lipinski definition) is 5. The van der Waals surface area contributed by atoms with Gasteiger partial charge in [-0.3, -0.25) is 9.69 Å². The molecule has 3 fully saturated rings. The smallest absolute Gasteiger partial charge is 0.224 e. The molecule has 1 amide bonds. The summed E-state index contributed by atoms with van der Waals surface area (Å²) >= 11 is 0. The van der Waals surface area contributed by atoms with Crippen molar-refractivity contribution in [2.45, 2.75) is 69.5 Å². The van der Waals surface area contributed by atoms with Gasteiger partial charge >= 0.3 is 0 Å². The van der Waals surface area contributed by atoms with Gasteiger partial charge < -0.3 is 10.1 Å². The molecule has 1 unspecified atom stereocenters. The summed E-state index contributed by atoms with van der Waals surface area (Å²) in [5.41, 5.74) is 0. The summed E-state index contributed by atoms with van der Waals surface area (Å²) in [5, 5.41) is 7.60. The molecular weight excluding hydrogens is 330 g/mol. The standard InChI is InChI=1S/C19H31N5O2/c25-19(15-2-1-9-23(12-15)17-7-10-26-11-8-17)22-16-3-5-18(6-4-16)24-14-20-13-21-24/h13-18H,1-12H2,(H,22,25). The number of carbonyl (C=O) groups is 1. The Morgan fingerprint density at radius 1 is 1.04 bits per heavy atom. The summed E-state index contributed by atoms with van der Waals surface area (Å²) in [6.45, 7) is 3.79. The van der Waals surface area contributed by atoms with E-state index in [-0.39, 0.29) is 11.8 Å².